The van der Waals surface area contributed by atoms with E-state index in [0.29, 0.717) is 24.5 Å². The molecule has 2 aliphatic heterocycles. The molecular weight excluding hydrogens is 544 g/mol. The van der Waals surface area contributed by atoms with Gasteiger partial charge < -0.3 is 14.7 Å². The van der Waals surface area contributed by atoms with Crippen LogP contribution in [0.5, 0.6) is 5.75 Å². The Hall–Kier alpha value is -2.48. The Kier molecular flexibility index (Phi) is 7.43. The molecule has 4 aliphatic rings. The van der Waals surface area contributed by atoms with Crippen molar-refractivity contribution in [2.24, 2.45) is 17.8 Å². The molecule has 214 valence electrons. The maximum Gasteiger partial charge on any atom is 0.262 e. The molecule has 2 bridgehead atoms. The number of hydrogen-bond donors (Lipinski definition) is 2. The van der Waals surface area contributed by atoms with E-state index >= 15 is 0 Å². The molecule has 1 saturated carbocycles. The van der Waals surface area contributed by atoms with E-state index in [1.165, 1.54) is 11.1 Å². The molecule has 6 atom stereocenters. The monoisotopic (exact) mass is 582 g/mol. The minimum Gasteiger partial charge on any atom is -0.490 e. The molecule has 1 fully saturated rings. The number of carbonyl (C=O) groups excluding carboxylic acids is 1. The van der Waals surface area contributed by atoms with Gasteiger partial charge >= 0.3 is 0 Å². The predicted octanol–water partition coefficient (Wildman–Crippen LogP) is 5.16. The van der Waals surface area contributed by atoms with E-state index in [0.717, 1.165) is 61.7 Å². The van der Waals surface area contributed by atoms with Gasteiger partial charge in [0.05, 0.1) is 18.4 Å². The summed E-state index contributed by atoms with van der Waals surface area (Å²) in [5.41, 5.74) is 3.68. The highest BCUT2D eigenvalue weighted by Crippen LogP contribution is 2.46. The number of aryl methyl sites for hydroxylation is 1. The Bertz CT molecular complexity index is 1440. The summed E-state index contributed by atoms with van der Waals surface area (Å²) in [5.74, 6) is 5.07. The van der Waals surface area contributed by atoms with E-state index in [2.05, 4.69) is 27.6 Å². The van der Waals surface area contributed by atoms with Crippen molar-refractivity contribution in [3.05, 3.63) is 70.3 Å². The number of rotatable bonds is 0. The summed E-state index contributed by atoms with van der Waals surface area (Å²) in [5, 5.41) is 11.8. The molecule has 6 nitrogen and oxygen atoms in total. The first-order valence-corrected chi connectivity index (χ1v) is 16.7. The zero-order chi connectivity index (χ0) is 28.1. The third-order valence-corrected chi connectivity index (χ3v) is 11.3. The first-order chi connectivity index (χ1) is 19.1. The van der Waals surface area contributed by atoms with Gasteiger partial charge in [0.1, 0.15) is 5.75 Å². The summed E-state index contributed by atoms with van der Waals surface area (Å²) in [4.78, 5) is 15.7. The summed E-state index contributed by atoms with van der Waals surface area (Å²) in [6, 6.07) is 11.7. The van der Waals surface area contributed by atoms with Crippen molar-refractivity contribution in [3.63, 3.8) is 0 Å². The van der Waals surface area contributed by atoms with Gasteiger partial charge in [-0.05, 0) is 104 Å². The first-order valence-electron chi connectivity index (χ1n) is 14.4. The van der Waals surface area contributed by atoms with Crippen LogP contribution in [0.4, 0.5) is 5.69 Å². The number of benzene rings is 2. The van der Waals surface area contributed by atoms with Crippen LogP contribution < -0.4 is 14.4 Å². The average Bonchev–Trinajstić information content (AvgIpc) is 3.02. The molecule has 8 heteroatoms. The van der Waals surface area contributed by atoms with Crippen LogP contribution in [-0.2, 0) is 21.5 Å². The summed E-state index contributed by atoms with van der Waals surface area (Å²) in [6.45, 7) is 4.05. The number of hydrogen-bond acceptors (Lipinski definition) is 5. The topological polar surface area (TPSA) is 78.9 Å². The third kappa shape index (κ3) is 5.40. The zero-order valence-electron chi connectivity index (χ0n) is 23.1. The lowest BCUT2D eigenvalue weighted by molar-refractivity contribution is 0.0456. The van der Waals surface area contributed by atoms with Crippen molar-refractivity contribution < 1.29 is 18.8 Å². The lowest BCUT2D eigenvalue weighted by Gasteiger charge is -2.45. The van der Waals surface area contributed by atoms with Gasteiger partial charge in [-0.25, -0.2) is 4.21 Å². The second-order valence-electron chi connectivity index (χ2n) is 12.5. The van der Waals surface area contributed by atoms with Gasteiger partial charge in [0, 0.05) is 44.6 Å². The lowest BCUT2D eigenvalue weighted by atomic mass is 9.68. The van der Waals surface area contributed by atoms with E-state index in [-0.39, 0.29) is 28.9 Å². The standard InChI is InChI=1S/C32H39ClN2O4S/c1-21-5-3-7-29(36)26-11-8-24(26)17-35-19-32(14-4-6-22-15-25(33)10-12-27(22)32)20-39-30-13-9-23(16-28(30)35)31(37)34-40(2,38)18-21/h3,7,9-10,12-13,15-16,21,24,26,29,36H,2,4-6,8,11,14,17-20H2,1H3,(H,34,37,38)/b7-3-/t21-,24+,26-,29-,32+,40?/m1/s1. The van der Waals surface area contributed by atoms with Gasteiger partial charge in [0.25, 0.3) is 5.91 Å². The van der Waals surface area contributed by atoms with Crippen LogP contribution >= 0.6 is 11.6 Å². The van der Waals surface area contributed by atoms with Crippen LogP contribution in [0.15, 0.2) is 48.6 Å². The molecule has 40 heavy (non-hydrogen) atoms. The fourth-order valence-electron chi connectivity index (χ4n) is 7.20. The molecule has 2 aromatic rings. The molecule has 2 aliphatic carbocycles. The maximum absolute atomic E-state index is 13.3. The number of nitrogens with one attached hydrogen (secondary N) is 1. The molecule has 6 rings (SSSR count). The fourth-order valence-corrected chi connectivity index (χ4v) is 8.99. The highest BCUT2D eigenvalue weighted by molar-refractivity contribution is 7.99. The van der Waals surface area contributed by atoms with Crippen molar-refractivity contribution in [2.45, 2.75) is 57.0 Å². The number of halogens is 1. The Morgan fingerprint density at radius 1 is 1.23 bits per heavy atom. The van der Waals surface area contributed by atoms with Gasteiger partial charge in [-0.2, -0.15) is 0 Å². The maximum atomic E-state index is 13.3. The Morgan fingerprint density at radius 3 is 2.88 bits per heavy atom. The Labute approximate surface area is 242 Å². The van der Waals surface area contributed by atoms with Crippen molar-refractivity contribution in [2.75, 3.05) is 30.3 Å². The van der Waals surface area contributed by atoms with E-state index in [4.69, 9.17) is 16.3 Å². The summed E-state index contributed by atoms with van der Waals surface area (Å²) in [6.07, 6.45) is 9.17. The molecule has 1 amide bonds. The number of allylic oxidation sites excluding steroid dienone is 1. The summed E-state index contributed by atoms with van der Waals surface area (Å²) in [7, 11) is -2.83. The summed E-state index contributed by atoms with van der Waals surface area (Å²) >= 11 is 6.39. The highest BCUT2D eigenvalue weighted by atomic mass is 35.5. The minimum atomic E-state index is -2.83. The molecule has 2 heterocycles. The SMILES string of the molecule is C=S1(=O)C[C@H](C)C/C=C\[C@@H](O)[C@@H]2CC[C@H]2CN2C[C@@]3(CCCc4cc(Cl)ccc43)COc3ccc(cc32)C(=O)N1. The molecule has 2 aromatic carbocycles. The number of nitrogens with zero attached hydrogens (tertiary/aromatic N) is 1. The van der Waals surface area contributed by atoms with E-state index in [1.807, 2.05) is 37.3 Å². The second-order valence-corrected chi connectivity index (χ2v) is 15.1. The molecule has 0 radical (unpaired) electrons. The van der Waals surface area contributed by atoms with Crippen molar-refractivity contribution >= 4 is 38.8 Å². The molecule has 0 aromatic heterocycles. The van der Waals surface area contributed by atoms with E-state index < -0.39 is 15.8 Å². The Balaban J connectivity index is 1.42. The van der Waals surface area contributed by atoms with Crippen LogP contribution in [0.3, 0.4) is 0 Å². The largest absolute Gasteiger partial charge is 0.490 e. The molecular formula is C32H39ClN2O4S. The van der Waals surface area contributed by atoms with E-state index in [1.54, 1.807) is 6.07 Å². The third-order valence-electron chi connectivity index (χ3n) is 9.37. The Morgan fingerprint density at radius 2 is 2.08 bits per heavy atom. The van der Waals surface area contributed by atoms with Gasteiger partial charge in [0.15, 0.2) is 0 Å². The quantitative estimate of drug-likeness (QED) is 0.331. The number of aliphatic hydroxyl groups is 1. The first kappa shape index (κ1) is 27.7. The van der Waals surface area contributed by atoms with Crippen molar-refractivity contribution in [1.29, 1.82) is 0 Å². The highest BCUT2D eigenvalue weighted by Gasteiger charge is 2.44. The van der Waals surface area contributed by atoms with Crippen molar-refractivity contribution in [1.82, 2.24) is 4.72 Å². The zero-order valence-corrected chi connectivity index (χ0v) is 24.7. The smallest absolute Gasteiger partial charge is 0.262 e. The fraction of sp³-hybridized carbons (Fsp3) is 0.500. The number of aliphatic hydroxyl groups excluding tert-OH is 1. The van der Waals surface area contributed by atoms with Gasteiger partial charge in [-0.1, -0.05) is 36.7 Å². The van der Waals surface area contributed by atoms with E-state index in [9.17, 15) is 14.1 Å². The van der Waals surface area contributed by atoms with Gasteiger partial charge in [-0.3, -0.25) is 9.52 Å². The minimum absolute atomic E-state index is 0.0548. The van der Waals surface area contributed by atoms with Crippen LogP contribution in [-0.4, -0.2) is 52.6 Å². The van der Waals surface area contributed by atoms with Gasteiger partial charge in [-0.15, -0.1) is 0 Å². The number of carbonyl (C=O) groups is 1. The number of anilines is 1. The molecule has 0 saturated heterocycles. The number of ether oxygens (including phenoxy) is 1. The van der Waals surface area contributed by atoms with Crippen LogP contribution in [0.1, 0.15) is 60.5 Å². The predicted molar refractivity (Wildman–Crippen MR) is 163 cm³/mol. The summed E-state index contributed by atoms with van der Waals surface area (Å²) < 4.78 is 22.5. The second kappa shape index (κ2) is 10.7. The van der Waals surface area contributed by atoms with Crippen LogP contribution in [0.25, 0.3) is 0 Å². The van der Waals surface area contributed by atoms with Gasteiger partial charge in [0.2, 0.25) is 0 Å². The molecule has 2 N–H and O–H groups in total. The lowest BCUT2D eigenvalue weighted by Crippen LogP contribution is -2.49. The molecule has 1 spiro atoms. The average molecular weight is 583 g/mol. The molecule has 1 unspecified atom stereocenters. The normalized spacial score (nSPS) is 34.9. The number of amides is 1. The van der Waals surface area contributed by atoms with Crippen molar-refractivity contribution in [3.8, 4) is 5.75 Å². The van der Waals surface area contributed by atoms with Crippen LogP contribution in [0.2, 0.25) is 5.02 Å². The number of fused-ring (bicyclic) bond motifs is 4. The van der Waals surface area contributed by atoms with Crippen LogP contribution in [0, 0.1) is 17.8 Å².